The van der Waals surface area contributed by atoms with Gasteiger partial charge in [0.05, 0.1) is 17.5 Å². The molecule has 0 unspecified atom stereocenters. The minimum Gasteiger partial charge on any atom is -0.403 e. The molecule has 0 bridgehead atoms. The van der Waals surface area contributed by atoms with E-state index in [1.54, 1.807) is 6.92 Å². The maximum atomic E-state index is 12.9. The summed E-state index contributed by atoms with van der Waals surface area (Å²) in [6, 6.07) is 2.17. The largest absolute Gasteiger partial charge is 0.421 e. The number of aliphatic imine (C=N–C) groups is 1. The van der Waals surface area contributed by atoms with Gasteiger partial charge in [0.15, 0.2) is 0 Å². The van der Waals surface area contributed by atoms with Crippen molar-refractivity contribution in [3.63, 3.8) is 0 Å². The van der Waals surface area contributed by atoms with E-state index >= 15 is 0 Å². The monoisotopic (exact) mass is 381 g/mol. The van der Waals surface area contributed by atoms with Crippen LogP contribution in [0.4, 0.5) is 24.9 Å². The smallest absolute Gasteiger partial charge is 0.403 e. The number of anilines is 2. The van der Waals surface area contributed by atoms with Crippen molar-refractivity contribution < 1.29 is 13.2 Å². The van der Waals surface area contributed by atoms with Crippen molar-refractivity contribution in [3.05, 3.63) is 23.7 Å². The Balaban J connectivity index is 2.02. The minimum atomic E-state index is -4.55. The van der Waals surface area contributed by atoms with E-state index in [-0.39, 0.29) is 11.8 Å². The fourth-order valence-corrected chi connectivity index (χ4v) is 2.88. The zero-order valence-corrected chi connectivity index (χ0v) is 15.1. The molecular weight excluding hydrogens is 359 g/mol. The van der Waals surface area contributed by atoms with Crippen LogP contribution in [0.5, 0.6) is 0 Å². The van der Waals surface area contributed by atoms with Gasteiger partial charge in [0, 0.05) is 32.4 Å². The first-order chi connectivity index (χ1) is 12.8. The van der Waals surface area contributed by atoms with Gasteiger partial charge in [-0.15, -0.1) is 0 Å². The van der Waals surface area contributed by atoms with E-state index in [0.717, 1.165) is 12.8 Å². The maximum absolute atomic E-state index is 12.9. The van der Waals surface area contributed by atoms with Gasteiger partial charge in [-0.3, -0.25) is 4.99 Å². The Bertz CT molecular complexity index is 759. The standard InChI is InChI=1S/C17H22F3N7/c1-10(24-8-12-5-11(6-12)3-4-21)14(7-22)26-16-25-9-13(17(18,19)20)15(23-2)27-16/h7,9,11-12H,3,5-6,8,22H2,1-2H3,(H2,23,25,26,27)/b14-7+,24-10-/t11-,12-. The molecule has 1 heterocycles. The van der Waals surface area contributed by atoms with Gasteiger partial charge in [-0.05, 0) is 31.6 Å². The van der Waals surface area contributed by atoms with Crippen LogP contribution in [-0.2, 0) is 6.18 Å². The second kappa shape index (κ2) is 8.70. The van der Waals surface area contributed by atoms with Gasteiger partial charge in [0.1, 0.15) is 11.4 Å². The summed E-state index contributed by atoms with van der Waals surface area (Å²) < 4.78 is 38.7. The number of hydrogen-bond donors (Lipinski definition) is 3. The average Bonchev–Trinajstić information content (AvgIpc) is 2.59. The number of nitrogens with zero attached hydrogens (tertiary/aromatic N) is 4. The van der Waals surface area contributed by atoms with Gasteiger partial charge in [-0.2, -0.15) is 23.4 Å². The third-order valence-electron chi connectivity index (χ3n) is 4.43. The highest BCUT2D eigenvalue weighted by atomic mass is 19.4. The molecule has 4 N–H and O–H groups in total. The minimum absolute atomic E-state index is 0.0173. The van der Waals surface area contributed by atoms with Crippen LogP contribution in [0.25, 0.3) is 0 Å². The number of alkyl halides is 3. The number of aromatic nitrogens is 2. The molecule has 10 heteroatoms. The fraction of sp³-hybridized carbons (Fsp3) is 0.529. The van der Waals surface area contributed by atoms with E-state index in [0.29, 0.717) is 42.4 Å². The maximum Gasteiger partial charge on any atom is 0.421 e. The number of nitrogens with two attached hydrogens (primary N) is 1. The highest BCUT2D eigenvalue weighted by Crippen LogP contribution is 2.36. The molecule has 0 aliphatic heterocycles. The molecule has 1 fully saturated rings. The van der Waals surface area contributed by atoms with Crippen LogP contribution < -0.4 is 16.4 Å². The van der Waals surface area contributed by atoms with Crippen molar-refractivity contribution in [1.82, 2.24) is 9.97 Å². The van der Waals surface area contributed by atoms with Crippen molar-refractivity contribution in [1.29, 1.82) is 5.26 Å². The van der Waals surface area contributed by atoms with Gasteiger partial charge < -0.3 is 16.4 Å². The molecule has 1 aromatic heterocycles. The molecule has 0 spiro atoms. The van der Waals surface area contributed by atoms with Gasteiger partial charge in [-0.25, -0.2) is 4.98 Å². The first-order valence-corrected chi connectivity index (χ1v) is 8.47. The Kier molecular flexibility index (Phi) is 6.60. The molecule has 1 aliphatic rings. The summed E-state index contributed by atoms with van der Waals surface area (Å²) in [5.41, 5.74) is 5.69. The molecule has 1 aromatic rings. The van der Waals surface area contributed by atoms with E-state index in [9.17, 15) is 13.2 Å². The van der Waals surface area contributed by atoms with E-state index in [2.05, 4.69) is 31.7 Å². The van der Waals surface area contributed by atoms with Crippen molar-refractivity contribution in [2.45, 2.75) is 32.4 Å². The summed E-state index contributed by atoms with van der Waals surface area (Å²) in [5.74, 6) is 0.550. The summed E-state index contributed by atoms with van der Waals surface area (Å²) in [6.45, 7) is 2.36. The summed E-state index contributed by atoms with van der Waals surface area (Å²) in [6.07, 6.45) is -0.0235. The molecule has 1 saturated carbocycles. The second-order valence-corrected chi connectivity index (χ2v) is 6.40. The van der Waals surface area contributed by atoms with Gasteiger partial charge in [0.25, 0.3) is 0 Å². The molecule has 0 amide bonds. The Hall–Kier alpha value is -2.83. The Labute approximate surface area is 155 Å². The molecule has 2 rings (SSSR count). The van der Waals surface area contributed by atoms with Crippen LogP contribution in [0.15, 0.2) is 23.1 Å². The third-order valence-corrected chi connectivity index (χ3v) is 4.43. The van der Waals surface area contributed by atoms with Crippen LogP contribution in [0.3, 0.4) is 0 Å². The molecule has 146 valence electrons. The van der Waals surface area contributed by atoms with Crippen molar-refractivity contribution >= 4 is 17.5 Å². The molecule has 0 radical (unpaired) electrons. The van der Waals surface area contributed by atoms with E-state index in [1.165, 1.54) is 13.2 Å². The Morgan fingerprint density at radius 1 is 1.44 bits per heavy atom. The summed E-state index contributed by atoms with van der Waals surface area (Å²) >= 11 is 0. The predicted molar refractivity (Wildman–Crippen MR) is 96.9 cm³/mol. The lowest BCUT2D eigenvalue weighted by Gasteiger charge is -2.32. The van der Waals surface area contributed by atoms with Gasteiger partial charge in [0.2, 0.25) is 5.95 Å². The second-order valence-electron chi connectivity index (χ2n) is 6.40. The lowest BCUT2D eigenvalue weighted by Crippen LogP contribution is -2.26. The molecule has 0 aromatic carbocycles. The Morgan fingerprint density at radius 2 is 2.15 bits per heavy atom. The van der Waals surface area contributed by atoms with E-state index in [1.807, 2.05) is 0 Å². The number of nitriles is 1. The van der Waals surface area contributed by atoms with E-state index in [4.69, 9.17) is 11.0 Å². The molecule has 1 aliphatic carbocycles. The van der Waals surface area contributed by atoms with Gasteiger partial charge in [-0.1, -0.05) is 0 Å². The Morgan fingerprint density at radius 3 is 2.70 bits per heavy atom. The number of rotatable bonds is 7. The van der Waals surface area contributed by atoms with E-state index < -0.39 is 11.7 Å². The number of nitrogens with one attached hydrogen (secondary N) is 2. The van der Waals surface area contributed by atoms with Crippen LogP contribution >= 0.6 is 0 Å². The highest BCUT2D eigenvalue weighted by molar-refractivity contribution is 6.00. The summed E-state index contributed by atoms with van der Waals surface area (Å²) in [4.78, 5) is 12.0. The third kappa shape index (κ3) is 5.32. The van der Waals surface area contributed by atoms with Crippen LogP contribution in [0, 0.1) is 23.2 Å². The van der Waals surface area contributed by atoms with Crippen molar-refractivity contribution in [2.75, 3.05) is 24.2 Å². The normalized spacial score (nSPS) is 20.6. The van der Waals surface area contributed by atoms with Crippen LogP contribution in [0.2, 0.25) is 0 Å². The van der Waals surface area contributed by atoms with Crippen LogP contribution in [0.1, 0.15) is 31.7 Å². The summed E-state index contributed by atoms with van der Waals surface area (Å²) in [5, 5.41) is 13.9. The fourth-order valence-electron chi connectivity index (χ4n) is 2.88. The zero-order valence-electron chi connectivity index (χ0n) is 15.1. The molecule has 0 saturated heterocycles. The van der Waals surface area contributed by atoms with Crippen molar-refractivity contribution in [3.8, 4) is 6.07 Å². The molecule has 0 atom stereocenters. The first-order valence-electron chi connectivity index (χ1n) is 8.47. The number of allylic oxidation sites excluding steroid dienone is 1. The molecular formula is C17H22F3N7. The highest BCUT2D eigenvalue weighted by Gasteiger charge is 2.35. The van der Waals surface area contributed by atoms with Gasteiger partial charge >= 0.3 is 6.18 Å². The average molecular weight is 381 g/mol. The lowest BCUT2D eigenvalue weighted by atomic mass is 9.73. The molecule has 7 nitrogen and oxygen atoms in total. The lowest BCUT2D eigenvalue weighted by molar-refractivity contribution is -0.137. The topological polar surface area (TPSA) is 112 Å². The first kappa shape index (κ1) is 20.5. The number of hydrogen-bond acceptors (Lipinski definition) is 7. The predicted octanol–water partition coefficient (Wildman–Crippen LogP) is 3.15. The van der Waals surface area contributed by atoms with Crippen LogP contribution in [-0.4, -0.2) is 29.3 Å². The van der Waals surface area contributed by atoms with Crippen molar-refractivity contribution in [2.24, 2.45) is 22.6 Å². The summed E-state index contributed by atoms with van der Waals surface area (Å²) in [7, 11) is 1.35. The number of halogens is 3. The quantitative estimate of drug-likeness (QED) is 0.626. The SMILES string of the molecule is CNc1nc(NC(=C/N)/C(C)=N\C[C@H]2C[C@H](CC#N)C2)ncc1C(F)(F)F. The zero-order chi connectivity index (χ0) is 20.0. The molecule has 27 heavy (non-hydrogen) atoms.